The maximum absolute atomic E-state index is 5.85. The predicted molar refractivity (Wildman–Crippen MR) is 74.8 cm³/mol. The van der Waals surface area contributed by atoms with Crippen LogP contribution in [-0.2, 0) is 6.54 Å². The molecule has 1 aliphatic rings. The van der Waals surface area contributed by atoms with Gasteiger partial charge in [-0.1, -0.05) is 30.3 Å². The lowest BCUT2D eigenvalue weighted by Gasteiger charge is -2.28. The average Bonchev–Trinajstić information content (AvgIpc) is 2.36. The Labute approximate surface area is 110 Å². The summed E-state index contributed by atoms with van der Waals surface area (Å²) < 4.78 is 0. The maximum Gasteiger partial charge on any atom is 0.221 e. The monoisotopic (exact) mass is 260 g/mol. The summed E-state index contributed by atoms with van der Waals surface area (Å²) in [4.78, 5) is 13.2. The summed E-state index contributed by atoms with van der Waals surface area (Å²) in [6.07, 6.45) is -0.808. The van der Waals surface area contributed by atoms with Crippen LogP contribution in [0.2, 0.25) is 0 Å². The first kappa shape index (κ1) is 12.8. The molecule has 1 heterocycles. The minimum atomic E-state index is -0.808. The van der Waals surface area contributed by atoms with Crippen molar-refractivity contribution in [1.82, 2.24) is 4.90 Å². The summed E-state index contributed by atoms with van der Waals surface area (Å²) in [5.41, 5.74) is 23.8. The Morgan fingerprint density at radius 2 is 1.95 bits per heavy atom. The van der Waals surface area contributed by atoms with Gasteiger partial charge in [0.05, 0.1) is 6.54 Å². The van der Waals surface area contributed by atoms with Crippen molar-refractivity contribution in [1.29, 1.82) is 0 Å². The van der Waals surface area contributed by atoms with Crippen LogP contribution in [0.1, 0.15) is 5.56 Å². The Bertz CT molecular complexity index is 533. The Morgan fingerprint density at radius 1 is 1.26 bits per heavy atom. The Kier molecular flexibility index (Phi) is 3.62. The van der Waals surface area contributed by atoms with Crippen LogP contribution in [-0.4, -0.2) is 29.1 Å². The van der Waals surface area contributed by atoms with Crippen molar-refractivity contribution < 1.29 is 0 Å². The number of benzene rings is 1. The smallest absolute Gasteiger partial charge is 0.221 e. The fourth-order valence-electron chi connectivity index (χ4n) is 1.61. The molecule has 2 rings (SSSR count). The molecule has 1 atom stereocenters. The van der Waals surface area contributed by atoms with Crippen LogP contribution in [0.5, 0.6) is 0 Å². The molecule has 0 bridgehead atoms. The topological polar surface area (TPSA) is 144 Å². The summed E-state index contributed by atoms with van der Waals surface area (Å²) >= 11 is 0. The number of aliphatic imine (C=N–C) groups is 3. The highest BCUT2D eigenvalue weighted by molar-refractivity contribution is 6.04. The minimum absolute atomic E-state index is 0.0251. The van der Waals surface area contributed by atoms with Crippen molar-refractivity contribution in [2.75, 3.05) is 0 Å². The van der Waals surface area contributed by atoms with Gasteiger partial charge in [-0.25, -0.2) is 14.9 Å². The third kappa shape index (κ3) is 2.99. The van der Waals surface area contributed by atoms with Gasteiger partial charge in [0.15, 0.2) is 6.29 Å². The zero-order valence-electron chi connectivity index (χ0n) is 10.3. The molecule has 0 radical (unpaired) electrons. The second-order valence-corrected chi connectivity index (χ2v) is 3.90. The lowest BCUT2D eigenvalue weighted by Crippen LogP contribution is -2.57. The van der Waals surface area contributed by atoms with Crippen molar-refractivity contribution >= 4 is 17.9 Å². The SMILES string of the molecule is NC1=NC(N)N(C(N)=NCc2ccccc2)C(N)=N1. The normalized spacial score (nSPS) is 19.9. The van der Waals surface area contributed by atoms with Crippen molar-refractivity contribution in [3.05, 3.63) is 35.9 Å². The molecular weight excluding hydrogens is 244 g/mol. The largest absolute Gasteiger partial charge is 0.369 e. The number of hydrogen-bond acceptors (Lipinski definition) is 6. The molecule has 100 valence electrons. The number of rotatable bonds is 2. The van der Waals surface area contributed by atoms with Crippen LogP contribution in [0.3, 0.4) is 0 Å². The molecule has 8 nitrogen and oxygen atoms in total. The van der Waals surface area contributed by atoms with Crippen molar-refractivity contribution in [2.45, 2.75) is 12.8 Å². The Balaban J connectivity index is 2.12. The molecule has 1 unspecified atom stereocenters. The van der Waals surface area contributed by atoms with Gasteiger partial charge in [-0.15, -0.1) is 0 Å². The van der Waals surface area contributed by atoms with E-state index in [1.165, 1.54) is 4.90 Å². The molecule has 0 amide bonds. The van der Waals surface area contributed by atoms with E-state index in [0.29, 0.717) is 6.54 Å². The molecule has 0 aliphatic carbocycles. The van der Waals surface area contributed by atoms with Crippen LogP contribution < -0.4 is 22.9 Å². The van der Waals surface area contributed by atoms with E-state index in [9.17, 15) is 0 Å². The van der Waals surface area contributed by atoms with E-state index in [1.54, 1.807) is 0 Å². The highest BCUT2D eigenvalue weighted by Gasteiger charge is 2.23. The van der Waals surface area contributed by atoms with Crippen LogP contribution in [0, 0.1) is 0 Å². The van der Waals surface area contributed by atoms with Crippen LogP contribution in [0.15, 0.2) is 45.3 Å². The molecule has 19 heavy (non-hydrogen) atoms. The summed E-state index contributed by atoms with van der Waals surface area (Å²) in [5, 5.41) is 0. The molecule has 8 heteroatoms. The molecule has 1 aromatic rings. The second-order valence-electron chi connectivity index (χ2n) is 3.90. The third-order valence-corrected chi connectivity index (χ3v) is 2.52. The summed E-state index contributed by atoms with van der Waals surface area (Å²) in [6, 6.07) is 9.67. The van der Waals surface area contributed by atoms with Gasteiger partial charge in [-0.05, 0) is 5.56 Å². The molecule has 1 aliphatic heterocycles. The third-order valence-electron chi connectivity index (χ3n) is 2.52. The number of hydrogen-bond donors (Lipinski definition) is 4. The fourth-order valence-corrected chi connectivity index (χ4v) is 1.61. The fraction of sp³-hybridized carbons (Fsp3) is 0.182. The van der Waals surface area contributed by atoms with Crippen LogP contribution in [0.25, 0.3) is 0 Å². The standard InChI is InChI=1S/C11H16N8/c12-8-17-10(14)19(11(15)18-8)9(13)16-6-7-4-2-1-3-5-7/h1-5,10H,6,14H2,(H2,13,16)(H4,12,15,17,18). The van der Waals surface area contributed by atoms with Gasteiger partial charge in [0.2, 0.25) is 17.9 Å². The molecular formula is C11H16N8. The molecule has 0 aromatic heterocycles. The zero-order chi connectivity index (χ0) is 13.8. The van der Waals surface area contributed by atoms with E-state index in [-0.39, 0.29) is 17.9 Å². The Morgan fingerprint density at radius 3 is 2.58 bits per heavy atom. The van der Waals surface area contributed by atoms with Crippen molar-refractivity contribution in [2.24, 2.45) is 37.9 Å². The maximum atomic E-state index is 5.85. The summed E-state index contributed by atoms with van der Waals surface area (Å²) in [7, 11) is 0. The van der Waals surface area contributed by atoms with E-state index in [1.807, 2.05) is 30.3 Å². The van der Waals surface area contributed by atoms with E-state index in [0.717, 1.165) is 5.56 Å². The van der Waals surface area contributed by atoms with E-state index < -0.39 is 6.29 Å². The lowest BCUT2D eigenvalue weighted by molar-refractivity contribution is 0.444. The van der Waals surface area contributed by atoms with E-state index in [2.05, 4.69) is 15.0 Å². The van der Waals surface area contributed by atoms with Gasteiger partial charge >= 0.3 is 0 Å². The molecule has 0 saturated carbocycles. The van der Waals surface area contributed by atoms with Crippen molar-refractivity contribution in [3.8, 4) is 0 Å². The zero-order valence-corrected chi connectivity index (χ0v) is 10.3. The molecule has 0 fully saturated rings. The van der Waals surface area contributed by atoms with E-state index >= 15 is 0 Å². The van der Waals surface area contributed by atoms with Gasteiger partial charge < -0.3 is 17.2 Å². The van der Waals surface area contributed by atoms with Crippen LogP contribution in [0.4, 0.5) is 0 Å². The Hall–Kier alpha value is -2.61. The van der Waals surface area contributed by atoms with Gasteiger partial charge in [-0.2, -0.15) is 4.99 Å². The van der Waals surface area contributed by atoms with Gasteiger partial charge in [0.25, 0.3) is 0 Å². The first-order valence-corrected chi connectivity index (χ1v) is 5.64. The average molecular weight is 260 g/mol. The molecule has 1 aromatic carbocycles. The van der Waals surface area contributed by atoms with Gasteiger partial charge in [0.1, 0.15) is 0 Å². The number of guanidine groups is 3. The summed E-state index contributed by atoms with van der Waals surface area (Å²) in [5.74, 6) is 0.250. The molecule has 0 saturated heterocycles. The molecule has 8 N–H and O–H groups in total. The first-order chi connectivity index (χ1) is 9.08. The van der Waals surface area contributed by atoms with Crippen molar-refractivity contribution in [3.63, 3.8) is 0 Å². The second kappa shape index (κ2) is 5.36. The lowest BCUT2D eigenvalue weighted by atomic mass is 10.2. The quantitative estimate of drug-likeness (QED) is 0.385. The highest BCUT2D eigenvalue weighted by atomic mass is 15.5. The first-order valence-electron chi connectivity index (χ1n) is 5.64. The van der Waals surface area contributed by atoms with Gasteiger partial charge in [-0.3, -0.25) is 5.73 Å². The minimum Gasteiger partial charge on any atom is -0.369 e. The van der Waals surface area contributed by atoms with Crippen LogP contribution >= 0.6 is 0 Å². The summed E-state index contributed by atoms with van der Waals surface area (Å²) in [6.45, 7) is 0.419. The van der Waals surface area contributed by atoms with Gasteiger partial charge in [0, 0.05) is 0 Å². The van der Waals surface area contributed by atoms with E-state index in [4.69, 9.17) is 22.9 Å². The number of nitrogens with zero attached hydrogens (tertiary/aromatic N) is 4. The highest BCUT2D eigenvalue weighted by Crippen LogP contribution is 2.04. The predicted octanol–water partition coefficient (Wildman–Crippen LogP) is -1.31. The number of nitrogens with two attached hydrogens (primary N) is 4. The molecule has 0 spiro atoms.